The standard InChI is InChI=1S/C13H19NO6S/c1-18-11-3-4-12(19-2)13(7-11)21(16,17)14-5-6-20-9-10(14)8-15/h3-4,7,10,15H,5-6,8-9H2,1-2H3. The summed E-state index contributed by atoms with van der Waals surface area (Å²) in [5, 5.41) is 9.36. The fourth-order valence-electron chi connectivity index (χ4n) is 2.21. The van der Waals surface area contributed by atoms with E-state index in [1.54, 1.807) is 12.1 Å². The second-order valence-corrected chi connectivity index (χ2v) is 6.40. The molecule has 8 heteroatoms. The van der Waals surface area contributed by atoms with E-state index in [9.17, 15) is 13.5 Å². The van der Waals surface area contributed by atoms with Crippen molar-refractivity contribution in [3.8, 4) is 11.5 Å². The lowest BCUT2D eigenvalue weighted by molar-refractivity contribution is 0.0108. The first-order valence-electron chi connectivity index (χ1n) is 6.47. The van der Waals surface area contributed by atoms with E-state index in [-0.39, 0.29) is 30.4 Å². The Morgan fingerprint density at radius 1 is 1.38 bits per heavy atom. The summed E-state index contributed by atoms with van der Waals surface area (Å²) in [5.74, 6) is 0.655. The van der Waals surface area contributed by atoms with Crippen LogP contribution in [0.1, 0.15) is 0 Å². The summed E-state index contributed by atoms with van der Waals surface area (Å²) >= 11 is 0. The Kier molecular flexibility index (Phi) is 5.04. The van der Waals surface area contributed by atoms with Gasteiger partial charge in [-0.05, 0) is 12.1 Å². The van der Waals surface area contributed by atoms with Gasteiger partial charge in [0.1, 0.15) is 16.4 Å². The summed E-state index contributed by atoms with van der Waals surface area (Å²) in [6.07, 6.45) is 0. The van der Waals surface area contributed by atoms with E-state index < -0.39 is 16.1 Å². The Labute approximate surface area is 124 Å². The molecule has 0 saturated carbocycles. The molecular weight excluding hydrogens is 298 g/mol. The van der Waals surface area contributed by atoms with Crippen LogP contribution in [0.15, 0.2) is 23.1 Å². The van der Waals surface area contributed by atoms with Gasteiger partial charge in [0.2, 0.25) is 10.0 Å². The Hall–Kier alpha value is -1.35. The van der Waals surface area contributed by atoms with Crippen molar-refractivity contribution in [2.24, 2.45) is 0 Å². The highest BCUT2D eigenvalue weighted by atomic mass is 32.2. The van der Waals surface area contributed by atoms with Crippen LogP contribution in [0.5, 0.6) is 11.5 Å². The van der Waals surface area contributed by atoms with Gasteiger partial charge in [-0.2, -0.15) is 4.31 Å². The molecule has 1 heterocycles. The number of aliphatic hydroxyl groups is 1. The Morgan fingerprint density at radius 2 is 2.14 bits per heavy atom. The molecular formula is C13H19NO6S. The van der Waals surface area contributed by atoms with Crippen molar-refractivity contribution >= 4 is 10.0 Å². The van der Waals surface area contributed by atoms with Gasteiger partial charge in [-0.3, -0.25) is 0 Å². The minimum atomic E-state index is -3.81. The molecule has 1 fully saturated rings. The molecule has 0 aromatic heterocycles. The predicted molar refractivity (Wildman–Crippen MR) is 75.1 cm³/mol. The highest BCUT2D eigenvalue weighted by molar-refractivity contribution is 7.89. The van der Waals surface area contributed by atoms with Crippen LogP contribution in [0, 0.1) is 0 Å². The molecule has 118 valence electrons. The number of morpholine rings is 1. The summed E-state index contributed by atoms with van der Waals surface area (Å²) < 4.78 is 42.3. The van der Waals surface area contributed by atoms with Crippen molar-refractivity contribution in [2.75, 3.05) is 40.6 Å². The molecule has 1 aliphatic rings. The third-order valence-corrected chi connectivity index (χ3v) is 5.31. The molecule has 1 aliphatic heterocycles. The van der Waals surface area contributed by atoms with Crippen molar-refractivity contribution < 1.29 is 27.7 Å². The number of sulfonamides is 1. The van der Waals surface area contributed by atoms with Crippen LogP contribution in [-0.2, 0) is 14.8 Å². The number of hydrogen-bond donors (Lipinski definition) is 1. The normalized spacial score (nSPS) is 20.2. The van der Waals surface area contributed by atoms with Crippen LogP contribution in [0.2, 0.25) is 0 Å². The number of aliphatic hydroxyl groups excluding tert-OH is 1. The topological polar surface area (TPSA) is 85.3 Å². The van der Waals surface area contributed by atoms with Crippen LogP contribution in [0.25, 0.3) is 0 Å². The van der Waals surface area contributed by atoms with E-state index in [0.29, 0.717) is 12.4 Å². The lowest BCUT2D eigenvalue weighted by Crippen LogP contribution is -2.50. The molecule has 0 radical (unpaired) electrons. The van der Waals surface area contributed by atoms with E-state index in [1.807, 2.05) is 0 Å². The van der Waals surface area contributed by atoms with Crippen molar-refractivity contribution in [1.29, 1.82) is 0 Å². The zero-order valence-electron chi connectivity index (χ0n) is 12.0. The van der Waals surface area contributed by atoms with Crippen molar-refractivity contribution in [3.05, 3.63) is 18.2 Å². The molecule has 1 aromatic carbocycles. The largest absolute Gasteiger partial charge is 0.497 e. The minimum Gasteiger partial charge on any atom is -0.497 e. The van der Waals surface area contributed by atoms with Crippen LogP contribution in [0.3, 0.4) is 0 Å². The van der Waals surface area contributed by atoms with Crippen LogP contribution >= 0.6 is 0 Å². The number of rotatable bonds is 5. The van der Waals surface area contributed by atoms with Gasteiger partial charge in [0.25, 0.3) is 0 Å². The maximum atomic E-state index is 12.8. The molecule has 21 heavy (non-hydrogen) atoms. The van der Waals surface area contributed by atoms with Gasteiger partial charge in [-0.15, -0.1) is 0 Å². The quantitative estimate of drug-likeness (QED) is 0.828. The van der Waals surface area contributed by atoms with Gasteiger partial charge < -0.3 is 19.3 Å². The zero-order valence-corrected chi connectivity index (χ0v) is 12.8. The molecule has 1 N–H and O–H groups in total. The maximum Gasteiger partial charge on any atom is 0.247 e. The Morgan fingerprint density at radius 3 is 2.76 bits per heavy atom. The number of methoxy groups -OCH3 is 2. The van der Waals surface area contributed by atoms with Crippen molar-refractivity contribution in [3.63, 3.8) is 0 Å². The van der Waals surface area contributed by atoms with Gasteiger partial charge >= 0.3 is 0 Å². The molecule has 1 unspecified atom stereocenters. The highest BCUT2D eigenvalue weighted by Crippen LogP contribution is 2.31. The predicted octanol–water partition coefficient (Wildman–Crippen LogP) is 0.0856. The molecule has 0 aliphatic carbocycles. The van der Waals surface area contributed by atoms with Gasteiger partial charge in [0, 0.05) is 12.6 Å². The lowest BCUT2D eigenvalue weighted by Gasteiger charge is -2.33. The summed E-state index contributed by atoms with van der Waals surface area (Å²) in [4.78, 5) is 0.0182. The fraction of sp³-hybridized carbons (Fsp3) is 0.538. The monoisotopic (exact) mass is 317 g/mol. The Bertz CT molecular complexity index is 588. The van der Waals surface area contributed by atoms with Gasteiger partial charge in [-0.25, -0.2) is 8.42 Å². The minimum absolute atomic E-state index is 0.0182. The van der Waals surface area contributed by atoms with Crippen LogP contribution < -0.4 is 9.47 Å². The average Bonchev–Trinajstić information content (AvgIpc) is 2.54. The second kappa shape index (κ2) is 6.61. The van der Waals surface area contributed by atoms with Crippen molar-refractivity contribution in [1.82, 2.24) is 4.31 Å². The molecule has 2 rings (SSSR count). The molecule has 1 atom stereocenters. The third-order valence-electron chi connectivity index (χ3n) is 3.34. The lowest BCUT2D eigenvalue weighted by atomic mass is 10.3. The summed E-state index contributed by atoms with van der Waals surface area (Å²) in [5.41, 5.74) is 0. The van der Waals surface area contributed by atoms with Crippen LogP contribution in [0.4, 0.5) is 0 Å². The Balaban J connectivity index is 2.47. The fourth-order valence-corrected chi connectivity index (χ4v) is 3.97. The first-order valence-corrected chi connectivity index (χ1v) is 7.91. The molecule has 7 nitrogen and oxygen atoms in total. The smallest absolute Gasteiger partial charge is 0.247 e. The van der Waals surface area contributed by atoms with Crippen molar-refractivity contribution in [2.45, 2.75) is 10.9 Å². The summed E-state index contributed by atoms with van der Waals surface area (Å²) in [6.45, 7) is 0.351. The average molecular weight is 317 g/mol. The number of nitrogens with zero attached hydrogens (tertiary/aromatic N) is 1. The SMILES string of the molecule is COc1ccc(OC)c(S(=O)(=O)N2CCOCC2CO)c1. The third kappa shape index (κ3) is 3.13. The first-order chi connectivity index (χ1) is 10.0. The van der Waals surface area contributed by atoms with E-state index in [2.05, 4.69) is 0 Å². The van der Waals surface area contributed by atoms with Gasteiger partial charge in [-0.1, -0.05) is 0 Å². The van der Waals surface area contributed by atoms with E-state index >= 15 is 0 Å². The maximum absolute atomic E-state index is 12.8. The molecule has 0 amide bonds. The molecule has 1 aromatic rings. The van der Waals surface area contributed by atoms with E-state index in [1.165, 1.54) is 24.6 Å². The van der Waals surface area contributed by atoms with E-state index in [4.69, 9.17) is 14.2 Å². The summed E-state index contributed by atoms with van der Waals surface area (Å²) in [6, 6.07) is 3.98. The number of hydrogen-bond acceptors (Lipinski definition) is 6. The number of benzene rings is 1. The second-order valence-electron chi connectivity index (χ2n) is 4.54. The van der Waals surface area contributed by atoms with Crippen LogP contribution in [-0.4, -0.2) is 64.5 Å². The molecule has 0 spiro atoms. The summed E-state index contributed by atoms with van der Waals surface area (Å²) in [7, 11) is -0.942. The zero-order chi connectivity index (χ0) is 15.5. The number of ether oxygens (including phenoxy) is 3. The highest BCUT2D eigenvalue weighted by Gasteiger charge is 2.35. The molecule has 1 saturated heterocycles. The van der Waals surface area contributed by atoms with E-state index in [0.717, 1.165) is 0 Å². The first kappa shape index (κ1) is 16.0. The van der Waals surface area contributed by atoms with Gasteiger partial charge in [0.05, 0.1) is 40.1 Å². The molecule has 0 bridgehead atoms. The van der Waals surface area contributed by atoms with Gasteiger partial charge in [0.15, 0.2) is 0 Å².